The summed E-state index contributed by atoms with van der Waals surface area (Å²) in [5.41, 5.74) is 0. The van der Waals surface area contributed by atoms with Gasteiger partial charge in [0.1, 0.15) is 0 Å². The van der Waals surface area contributed by atoms with Gasteiger partial charge in [-0.05, 0) is 24.7 Å². The van der Waals surface area contributed by atoms with Gasteiger partial charge in [0, 0.05) is 12.5 Å². The molecular weight excluding hydrogens is 138 g/mol. The molecule has 0 spiro atoms. The number of carbonyl (C=O) groups excluding carboxylic acids is 1. The number of hydrogen-bond donors (Lipinski definition) is 1. The normalized spacial score (nSPS) is 43.4. The molecule has 1 N–H and O–H groups in total. The molecule has 1 amide bonds. The maximum Gasteiger partial charge on any atom is 0.220 e. The molecule has 1 saturated heterocycles. The molecule has 3 atom stereocenters. The van der Waals surface area contributed by atoms with E-state index < -0.39 is 0 Å². The summed E-state index contributed by atoms with van der Waals surface area (Å²) in [4.78, 5) is 11.0. The molecule has 1 aliphatic carbocycles. The summed E-state index contributed by atoms with van der Waals surface area (Å²) < 4.78 is 0. The molecule has 0 bridgehead atoms. The second-order valence-corrected chi connectivity index (χ2v) is 4.06. The van der Waals surface area contributed by atoms with Gasteiger partial charge in [0.25, 0.3) is 0 Å². The molecule has 0 radical (unpaired) electrons. The molecule has 11 heavy (non-hydrogen) atoms. The van der Waals surface area contributed by atoms with Gasteiger partial charge in [-0.3, -0.25) is 4.79 Å². The Hall–Kier alpha value is -0.530. The van der Waals surface area contributed by atoms with E-state index in [1.54, 1.807) is 0 Å². The van der Waals surface area contributed by atoms with E-state index in [0.717, 1.165) is 12.3 Å². The van der Waals surface area contributed by atoms with E-state index in [0.29, 0.717) is 12.0 Å². The van der Waals surface area contributed by atoms with Crippen LogP contribution < -0.4 is 5.32 Å². The third-order valence-electron chi connectivity index (χ3n) is 3.05. The molecule has 2 fully saturated rings. The van der Waals surface area contributed by atoms with Crippen molar-refractivity contribution in [3.8, 4) is 0 Å². The first-order valence-electron chi connectivity index (χ1n) is 4.55. The molecule has 2 rings (SSSR count). The van der Waals surface area contributed by atoms with Crippen LogP contribution in [-0.2, 0) is 4.79 Å². The lowest BCUT2D eigenvalue weighted by Crippen LogP contribution is -2.33. The molecule has 1 heterocycles. The van der Waals surface area contributed by atoms with Crippen molar-refractivity contribution in [2.75, 3.05) is 0 Å². The number of hydrogen-bond acceptors (Lipinski definition) is 1. The second kappa shape index (κ2) is 2.50. The van der Waals surface area contributed by atoms with Crippen LogP contribution in [0.2, 0.25) is 0 Å². The Balaban J connectivity index is 2.02. The third-order valence-corrected chi connectivity index (χ3v) is 3.05. The van der Waals surface area contributed by atoms with Gasteiger partial charge in [0.05, 0.1) is 0 Å². The first-order valence-corrected chi connectivity index (χ1v) is 4.55. The first kappa shape index (κ1) is 7.14. The van der Waals surface area contributed by atoms with Gasteiger partial charge in [0.2, 0.25) is 5.91 Å². The maximum atomic E-state index is 11.0. The molecule has 0 aromatic carbocycles. The Bertz CT molecular complexity index is 178. The maximum absolute atomic E-state index is 11.0. The number of nitrogens with one attached hydrogen (secondary N) is 1. The monoisotopic (exact) mass is 153 g/mol. The van der Waals surface area contributed by atoms with E-state index in [2.05, 4.69) is 12.2 Å². The first-order chi connectivity index (χ1) is 5.25. The van der Waals surface area contributed by atoms with Crippen LogP contribution in [0.4, 0.5) is 0 Å². The molecular formula is C9H15NO. The Morgan fingerprint density at radius 1 is 1.45 bits per heavy atom. The van der Waals surface area contributed by atoms with Crippen molar-refractivity contribution in [2.45, 2.75) is 38.6 Å². The quantitative estimate of drug-likeness (QED) is 0.558. The van der Waals surface area contributed by atoms with Crippen molar-refractivity contribution in [1.29, 1.82) is 0 Å². The van der Waals surface area contributed by atoms with Crippen LogP contribution in [-0.4, -0.2) is 11.9 Å². The highest BCUT2D eigenvalue weighted by Crippen LogP contribution is 2.33. The minimum absolute atomic E-state index is 0.272. The fraction of sp³-hybridized carbons (Fsp3) is 0.889. The van der Waals surface area contributed by atoms with E-state index >= 15 is 0 Å². The summed E-state index contributed by atoms with van der Waals surface area (Å²) in [6.45, 7) is 2.28. The topological polar surface area (TPSA) is 29.1 Å². The molecule has 2 aliphatic rings. The SMILES string of the molecule is CC1CCC2CC(=O)NC2C1. The fourth-order valence-electron chi connectivity index (χ4n) is 2.37. The van der Waals surface area contributed by atoms with Gasteiger partial charge in [-0.1, -0.05) is 13.3 Å². The van der Waals surface area contributed by atoms with Crippen molar-refractivity contribution in [2.24, 2.45) is 11.8 Å². The van der Waals surface area contributed by atoms with E-state index in [-0.39, 0.29) is 5.91 Å². The highest BCUT2D eigenvalue weighted by molar-refractivity contribution is 5.79. The van der Waals surface area contributed by atoms with Gasteiger partial charge in [0.15, 0.2) is 0 Å². The van der Waals surface area contributed by atoms with Gasteiger partial charge in [-0.25, -0.2) is 0 Å². The van der Waals surface area contributed by atoms with Crippen molar-refractivity contribution in [1.82, 2.24) is 5.32 Å². The Kier molecular flexibility index (Phi) is 1.63. The number of carbonyl (C=O) groups is 1. The molecule has 62 valence electrons. The average molecular weight is 153 g/mol. The smallest absolute Gasteiger partial charge is 0.220 e. The van der Waals surface area contributed by atoms with E-state index in [9.17, 15) is 4.79 Å². The minimum atomic E-state index is 0.272. The predicted molar refractivity (Wildman–Crippen MR) is 43.1 cm³/mol. The van der Waals surface area contributed by atoms with E-state index in [1.165, 1.54) is 19.3 Å². The zero-order chi connectivity index (χ0) is 7.84. The predicted octanol–water partition coefficient (Wildman–Crippen LogP) is 1.31. The molecule has 0 aromatic rings. The largest absolute Gasteiger partial charge is 0.353 e. The van der Waals surface area contributed by atoms with Gasteiger partial charge < -0.3 is 5.32 Å². The molecule has 1 saturated carbocycles. The molecule has 0 aromatic heterocycles. The van der Waals surface area contributed by atoms with Crippen LogP contribution in [0.15, 0.2) is 0 Å². The Morgan fingerprint density at radius 2 is 2.27 bits per heavy atom. The van der Waals surface area contributed by atoms with Crippen LogP contribution in [0.25, 0.3) is 0 Å². The van der Waals surface area contributed by atoms with Gasteiger partial charge >= 0.3 is 0 Å². The van der Waals surface area contributed by atoms with Crippen molar-refractivity contribution >= 4 is 5.91 Å². The highest BCUT2D eigenvalue weighted by atomic mass is 16.2. The number of amides is 1. The zero-order valence-corrected chi connectivity index (χ0v) is 6.97. The molecule has 2 nitrogen and oxygen atoms in total. The highest BCUT2D eigenvalue weighted by Gasteiger charge is 2.35. The van der Waals surface area contributed by atoms with E-state index in [4.69, 9.17) is 0 Å². The van der Waals surface area contributed by atoms with Crippen LogP contribution in [0.1, 0.15) is 32.6 Å². The van der Waals surface area contributed by atoms with Crippen LogP contribution in [0.5, 0.6) is 0 Å². The summed E-state index contributed by atoms with van der Waals surface area (Å²) in [5, 5.41) is 3.05. The van der Waals surface area contributed by atoms with Crippen LogP contribution >= 0.6 is 0 Å². The lowest BCUT2D eigenvalue weighted by molar-refractivity contribution is -0.119. The molecule has 2 heteroatoms. The lowest BCUT2D eigenvalue weighted by Gasteiger charge is -2.28. The van der Waals surface area contributed by atoms with Crippen LogP contribution in [0, 0.1) is 11.8 Å². The van der Waals surface area contributed by atoms with Gasteiger partial charge in [-0.15, -0.1) is 0 Å². The van der Waals surface area contributed by atoms with Crippen molar-refractivity contribution in [3.63, 3.8) is 0 Å². The van der Waals surface area contributed by atoms with E-state index in [1.807, 2.05) is 0 Å². The summed E-state index contributed by atoms with van der Waals surface area (Å²) in [5.74, 6) is 1.75. The Labute approximate surface area is 67.4 Å². The summed E-state index contributed by atoms with van der Waals surface area (Å²) >= 11 is 0. The van der Waals surface area contributed by atoms with Crippen molar-refractivity contribution in [3.05, 3.63) is 0 Å². The third kappa shape index (κ3) is 1.26. The van der Waals surface area contributed by atoms with Gasteiger partial charge in [-0.2, -0.15) is 0 Å². The Morgan fingerprint density at radius 3 is 3.09 bits per heavy atom. The number of fused-ring (bicyclic) bond motifs is 1. The average Bonchev–Trinajstić information content (AvgIpc) is 2.27. The molecule has 1 aliphatic heterocycles. The summed E-state index contributed by atoms with van der Waals surface area (Å²) in [7, 11) is 0. The fourth-order valence-corrected chi connectivity index (χ4v) is 2.37. The van der Waals surface area contributed by atoms with Crippen LogP contribution in [0.3, 0.4) is 0 Å². The molecule has 3 unspecified atom stereocenters. The lowest BCUT2D eigenvalue weighted by atomic mass is 9.80. The zero-order valence-electron chi connectivity index (χ0n) is 6.97. The minimum Gasteiger partial charge on any atom is -0.353 e. The standard InChI is InChI=1S/C9H15NO/c1-6-2-3-7-5-9(11)10-8(7)4-6/h6-8H,2-5H2,1H3,(H,10,11). The van der Waals surface area contributed by atoms with Crippen molar-refractivity contribution < 1.29 is 4.79 Å². The summed E-state index contributed by atoms with van der Waals surface area (Å²) in [6, 6.07) is 0.520. The number of rotatable bonds is 0. The second-order valence-electron chi connectivity index (χ2n) is 4.06. The summed E-state index contributed by atoms with van der Waals surface area (Å²) in [6.07, 6.45) is 4.56.